The highest BCUT2D eigenvalue weighted by molar-refractivity contribution is 5.84. The van der Waals surface area contributed by atoms with Gasteiger partial charge < -0.3 is 5.11 Å². The summed E-state index contributed by atoms with van der Waals surface area (Å²) in [6.07, 6.45) is -4.80. The molecule has 0 bridgehead atoms. The lowest BCUT2D eigenvalue weighted by molar-refractivity contribution is -0.144. The molecule has 0 aromatic carbocycles. The molecule has 0 aliphatic rings. The van der Waals surface area contributed by atoms with E-state index in [1.165, 1.54) is 0 Å². The third-order valence-corrected chi connectivity index (χ3v) is 1.75. The van der Waals surface area contributed by atoms with Gasteiger partial charge in [-0.25, -0.2) is 4.79 Å². The summed E-state index contributed by atoms with van der Waals surface area (Å²) in [6, 6.07) is 0. The lowest BCUT2D eigenvalue weighted by Gasteiger charge is -1.98. The van der Waals surface area contributed by atoms with Gasteiger partial charge in [0.1, 0.15) is 0 Å². The van der Waals surface area contributed by atoms with Crippen LogP contribution in [0.15, 0.2) is 4.79 Å². The summed E-state index contributed by atoms with van der Waals surface area (Å²) < 4.78 is 37.0. The van der Waals surface area contributed by atoms with Gasteiger partial charge in [-0.1, -0.05) is 0 Å². The Morgan fingerprint density at radius 3 is 2.53 bits per heavy atom. The molecule has 0 radical (unpaired) electrons. The van der Waals surface area contributed by atoms with Crippen LogP contribution in [0.25, 0.3) is 5.78 Å². The average molecular weight is 249 g/mol. The van der Waals surface area contributed by atoms with E-state index in [1.807, 2.05) is 0 Å². The van der Waals surface area contributed by atoms with Gasteiger partial charge in [0.2, 0.25) is 11.5 Å². The van der Waals surface area contributed by atoms with Gasteiger partial charge in [0.25, 0.3) is 5.78 Å². The molecule has 0 aliphatic heterocycles. The van der Waals surface area contributed by atoms with Gasteiger partial charge in [-0.3, -0.25) is 9.89 Å². The number of hydrogen-bond acceptors (Lipinski definition) is 5. The van der Waals surface area contributed by atoms with Crippen LogP contribution in [0.4, 0.5) is 13.2 Å². The summed E-state index contributed by atoms with van der Waals surface area (Å²) in [7, 11) is 0. The summed E-state index contributed by atoms with van der Waals surface area (Å²) in [5.41, 5.74) is -2.27. The van der Waals surface area contributed by atoms with Gasteiger partial charge in [0, 0.05) is 0 Å². The van der Waals surface area contributed by atoms with Crippen molar-refractivity contribution >= 4 is 11.7 Å². The summed E-state index contributed by atoms with van der Waals surface area (Å²) in [5, 5.41) is 16.2. The van der Waals surface area contributed by atoms with Gasteiger partial charge in [0.15, 0.2) is 0 Å². The highest BCUT2D eigenvalue weighted by Gasteiger charge is 2.36. The number of nitrogens with zero attached hydrogens (tertiary/aromatic N) is 4. The molecule has 0 fully saturated rings. The number of halogens is 3. The average Bonchev–Trinajstić information content (AvgIpc) is 2.61. The zero-order valence-corrected chi connectivity index (χ0v) is 7.69. The second kappa shape index (κ2) is 3.26. The van der Waals surface area contributed by atoms with Crippen molar-refractivity contribution in [2.24, 2.45) is 0 Å². The number of fused-ring (bicyclic) bond motifs is 1. The van der Waals surface area contributed by atoms with Gasteiger partial charge in [-0.15, -0.1) is 10.2 Å². The first kappa shape index (κ1) is 11.0. The van der Waals surface area contributed by atoms with Crippen molar-refractivity contribution in [2.75, 3.05) is 0 Å². The largest absolute Gasteiger partial charge is 0.476 e. The monoisotopic (exact) mass is 249 g/mol. The van der Waals surface area contributed by atoms with Crippen molar-refractivity contribution in [3.8, 4) is 0 Å². The van der Waals surface area contributed by atoms with Crippen molar-refractivity contribution in [2.45, 2.75) is 6.18 Å². The summed E-state index contributed by atoms with van der Waals surface area (Å²) in [4.78, 5) is 24.8. The molecule has 8 nitrogen and oxygen atoms in total. The molecule has 0 aliphatic carbocycles. The van der Waals surface area contributed by atoms with Crippen LogP contribution >= 0.6 is 0 Å². The van der Waals surface area contributed by atoms with Crippen molar-refractivity contribution in [1.29, 1.82) is 0 Å². The first-order valence-corrected chi connectivity index (χ1v) is 3.96. The van der Waals surface area contributed by atoms with E-state index >= 15 is 0 Å². The lowest BCUT2D eigenvalue weighted by atomic mass is 10.5. The van der Waals surface area contributed by atoms with E-state index < -0.39 is 35.0 Å². The lowest BCUT2D eigenvalue weighted by Crippen LogP contribution is -2.25. The number of aromatic nitrogens is 5. The molecule has 2 rings (SSSR count). The Morgan fingerprint density at radius 2 is 2.00 bits per heavy atom. The standard InChI is InChI=1S/C6H2F3N5O3/c7-6(8,9)4-10-5-12-11-1(3(16)17)2(15)14(5)13-4/h(H,16,17)(H,10,12,13). The number of carboxylic acid groups (broad SMARTS) is 1. The van der Waals surface area contributed by atoms with Crippen LogP contribution in [0.2, 0.25) is 0 Å². The number of rotatable bonds is 1. The topological polar surface area (TPSA) is 113 Å². The molecular formula is C6H2F3N5O3. The quantitative estimate of drug-likeness (QED) is 0.706. The molecule has 2 N–H and O–H groups in total. The van der Waals surface area contributed by atoms with Crippen LogP contribution in [-0.4, -0.2) is 35.9 Å². The molecular weight excluding hydrogens is 247 g/mol. The number of H-pyrrole nitrogens is 1. The second-order valence-corrected chi connectivity index (χ2v) is 2.86. The molecule has 90 valence electrons. The van der Waals surface area contributed by atoms with E-state index in [2.05, 4.69) is 15.2 Å². The summed E-state index contributed by atoms with van der Waals surface area (Å²) in [5.74, 6) is -3.82. The number of carbonyl (C=O) groups is 1. The van der Waals surface area contributed by atoms with E-state index in [0.29, 0.717) is 0 Å². The zero-order valence-electron chi connectivity index (χ0n) is 7.69. The highest BCUT2D eigenvalue weighted by atomic mass is 19.4. The Hall–Kier alpha value is -2.46. The summed E-state index contributed by atoms with van der Waals surface area (Å²) >= 11 is 0. The minimum absolute atomic E-state index is 0.263. The van der Waals surface area contributed by atoms with Crippen LogP contribution in [0.5, 0.6) is 0 Å². The van der Waals surface area contributed by atoms with Crippen LogP contribution in [0.3, 0.4) is 0 Å². The van der Waals surface area contributed by atoms with Crippen LogP contribution in [0.1, 0.15) is 16.3 Å². The number of alkyl halides is 3. The van der Waals surface area contributed by atoms with E-state index in [0.717, 1.165) is 0 Å². The molecule has 2 aromatic heterocycles. The fourth-order valence-corrected chi connectivity index (χ4v) is 1.04. The molecule has 2 aromatic rings. The van der Waals surface area contributed by atoms with Crippen LogP contribution in [-0.2, 0) is 6.18 Å². The van der Waals surface area contributed by atoms with E-state index in [9.17, 15) is 22.8 Å². The van der Waals surface area contributed by atoms with Crippen molar-refractivity contribution in [1.82, 2.24) is 24.8 Å². The fraction of sp³-hybridized carbons (Fsp3) is 0.167. The van der Waals surface area contributed by atoms with Crippen molar-refractivity contribution in [3.05, 3.63) is 21.9 Å². The summed E-state index contributed by atoms with van der Waals surface area (Å²) in [6.45, 7) is 0. The predicted octanol–water partition coefficient (Wildman–Crippen LogP) is -0.470. The second-order valence-electron chi connectivity index (χ2n) is 2.86. The number of nitrogens with one attached hydrogen (secondary N) is 1. The zero-order chi connectivity index (χ0) is 12.8. The number of aromatic carboxylic acids is 1. The van der Waals surface area contributed by atoms with Gasteiger partial charge in [-0.05, 0) is 0 Å². The number of aromatic amines is 1. The van der Waals surface area contributed by atoms with E-state index in [1.54, 1.807) is 5.10 Å². The molecule has 0 amide bonds. The maximum atomic E-state index is 12.2. The highest BCUT2D eigenvalue weighted by Crippen LogP contribution is 2.25. The molecule has 17 heavy (non-hydrogen) atoms. The maximum Gasteiger partial charge on any atom is 0.451 e. The van der Waals surface area contributed by atoms with E-state index in [4.69, 9.17) is 5.11 Å². The fourth-order valence-electron chi connectivity index (χ4n) is 1.04. The minimum atomic E-state index is -4.80. The predicted molar refractivity (Wildman–Crippen MR) is 43.4 cm³/mol. The Kier molecular flexibility index (Phi) is 2.12. The van der Waals surface area contributed by atoms with Gasteiger partial charge >= 0.3 is 17.7 Å². The van der Waals surface area contributed by atoms with Gasteiger partial charge in [-0.2, -0.15) is 22.7 Å². The Morgan fingerprint density at radius 1 is 1.35 bits per heavy atom. The van der Waals surface area contributed by atoms with Crippen molar-refractivity contribution in [3.63, 3.8) is 0 Å². The molecule has 11 heteroatoms. The van der Waals surface area contributed by atoms with Gasteiger partial charge in [0.05, 0.1) is 0 Å². The minimum Gasteiger partial charge on any atom is -0.476 e. The molecule has 0 saturated carbocycles. The molecule has 0 saturated heterocycles. The maximum absolute atomic E-state index is 12.2. The normalized spacial score (nSPS) is 11.9. The Balaban J connectivity index is 2.75. The molecule has 0 unspecified atom stereocenters. The number of carboxylic acids is 1. The van der Waals surface area contributed by atoms with Crippen molar-refractivity contribution < 1.29 is 23.1 Å². The molecule has 2 heterocycles. The molecule has 0 atom stereocenters. The SMILES string of the molecule is O=C(O)c1nnc2nc(C(F)(F)F)[nH]n2c1=O. The Labute approximate surface area is 88.7 Å². The third kappa shape index (κ3) is 1.70. The third-order valence-electron chi connectivity index (χ3n) is 1.75. The van der Waals surface area contributed by atoms with Crippen LogP contribution < -0.4 is 5.56 Å². The first-order valence-electron chi connectivity index (χ1n) is 3.96. The first-order chi connectivity index (χ1) is 7.80. The Bertz CT molecular complexity index is 657. The smallest absolute Gasteiger partial charge is 0.451 e. The van der Waals surface area contributed by atoms with Crippen LogP contribution in [0, 0.1) is 0 Å². The number of hydrogen-bond donors (Lipinski definition) is 2. The molecule has 0 spiro atoms. The van der Waals surface area contributed by atoms with E-state index in [-0.39, 0.29) is 4.52 Å².